The summed E-state index contributed by atoms with van der Waals surface area (Å²) < 4.78 is 10.5. The predicted octanol–water partition coefficient (Wildman–Crippen LogP) is 2.64. The van der Waals surface area contributed by atoms with Crippen LogP contribution >= 0.6 is 0 Å². The summed E-state index contributed by atoms with van der Waals surface area (Å²) in [6.45, 7) is 8.49. The van der Waals surface area contributed by atoms with Crippen molar-refractivity contribution in [3.63, 3.8) is 0 Å². The lowest BCUT2D eigenvalue weighted by Gasteiger charge is -2.17. The third-order valence-electron chi connectivity index (χ3n) is 3.31. The Bertz CT molecular complexity index is 412. The molecule has 0 fully saturated rings. The molecule has 1 N–H and O–H groups in total. The molecule has 0 saturated heterocycles. The Kier molecular flexibility index (Phi) is 7.82. The Morgan fingerprint density at radius 2 is 2.05 bits per heavy atom. The van der Waals surface area contributed by atoms with Crippen LogP contribution in [0.3, 0.4) is 0 Å². The normalized spacial score (nSPS) is 10.7. The minimum atomic E-state index is -0.0939. The fourth-order valence-corrected chi connectivity index (χ4v) is 1.89. The molecule has 1 rings (SSSR count). The van der Waals surface area contributed by atoms with E-state index in [1.807, 2.05) is 13.8 Å². The van der Waals surface area contributed by atoms with Gasteiger partial charge in [0.1, 0.15) is 5.76 Å². The first-order valence-corrected chi connectivity index (χ1v) is 7.54. The number of nitrogens with zero attached hydrogens (tertiary/aromatic N) is 2. The lowest BCUT2D eigenvalue weighted by atomic mass is 10.2. The molecule has 0 unspecified atom stereocenters. The van der Waals surface area contributed by atoms with E-state index in [1.54, 1.807) is 11.9 Å². The van der Waals surface area contributed by atoms with Gasteiger partial charge in [0.05, 0.1) is 12.2 Å². The van der Waals surface area contributed by atoms with Crippen molar-refractivity contribution in [2.75, 3.05) is 26.8 Å². The fraction of sp³-hybridized carbons (Fsp3) is 0.733. The van der Waals surface area contributed by atoms with Gasteiger partial charge in [0, 0.05) is 32.4 Å². The second-order valence-corrected chi connectivity index (χ2v) is 5.21. The number of hydrogen-bond acceptors (Lipinski definition) is 4. The van der Waals surface area contributed by atoms with Crippen molar-refractivity contribution < 1.29 is 14.1 Å². The molecule has 6 nitrogen and oxygen atoms in total. The van der Waals surface area contributed by atoms with E-state index in [2.05, 4.69) is 17.4 Å². The van der Waals surface area contributed by atoms with Gasteiger partial charge in [0.15, 0.2) is 0 Å². The minimum Gasteiger partial charge on any atom is -0.381 e. The number of hydrogen-bond donors (Lipinski definition) is 1. The van der Waals surface area contributed by atoms with Gasteiger partial charge in [0.25, 0.3) is 0 Å². The highest BCUT2D eigenvalue weighted by Crippen LogP contribution is 2.14. The first kappa shape index (κ1) is 17.5. The van der Waals surface area contributed by atoms with E-state index in [0.717, 1.165) is 42.9 Å². The monoisotopic (exact) mass is 297 g/mol. The molecule has 0 aromatic carbocycles. The van der Waals surface area contributed by atoms with Crippen LogP contribution in [0.2, 0.25) is 0 Å². The molecule has 0 aliphatic heterocycles. The maximum atomic E-state index is 12.0. The van der Waals surface area contributed by atoms with E-state index in [-0.39, 0.29) is 6.03 Å². The number of carbonyl (C=O) groups is 1. The van der Waals surface area contributed by atoms with E-state index in [1.165, 1.54) is 0 Å². The van der Waals surface area contributed by atoms with Crippen LogP contribution in [-0.2, 0) is 11.3 Å². The van der Waals surface area contributed by atoms with Crippen LogP contribution in [0.25, 0.3) is 0 Å². The molecular formula is C15H27N3O3. The number of aromatic nitrogens is 1. The van der Waals surface area contributed by atoms with Crippen LogP contribution < -0.4 is 5.32 Å². The Balaban J connectivity index is 2.20. The molecule has 120 valence electrons. The lowest BCUT2D eigenvalue weighted by Crippen LogP contribution is -2.37. The van der Waals surface area contributed by atoms with Crippen molar-refractivity contribution in [1.82, 2.24) is 15.4 Å². The number of ether oxygens (including phenoxy) is 1. The van der Waals surface area contributed by atoms with E-state index < -0.39 is 0 Å². The van der Waals surface area contributed by atoms with Crippen LogP contribution in [-0.4, -0.2) is 42.9 Å². The molecule has 1 heterocycles. The van der Waals surface area contributed by atoms with Crippen LogP contribution in [0, 0.1) is 13.8 Å². The van der Waals surface area contributed by atoms with Gasteiger partial charge in [-0.05, 0) is 26.7 Å². The van der Waals surface area contributed by atoms with E-state index in [9.17, 15) is 4.79 Å². The summed E-state index contributed by atoms with van der Waals surface area (Å²) >= 11 is 0. The summed E-state index contributed by atoms with van der Waals surface area (Å²) in [5.74, 6) is 0.761. The fourth-order valence-electron chi connectivity index (χ4n) is 1.89. The number of unbranched alkanes of at least 4 members (excludes halogenated alkanes) is 1. The smallest absolute Gasteiger partial charge is 0.317 e. The van der Waals surface area contributed by atoms with Gasteiger partial charge in [-0.1, -0.05) is 18.5 Å². The van der Waals surface area contributed by atoms with Gasteiger partial charge in [0.2, 0.25) is 0 Å². The third kappa shape index (κ3) is 6.16. The number of carbonyl (C=O) groups excluding carboxylic acids is 1. The molecule has 0 saturated carbocycles. The first-order valence-electron chi connectivity index (χ1n) is 7.54. The van der Waals surface area contributed by atoms with Crippen molar-refractivity contribution in [3.05, 3.63) is 17.0 Å². The van der Waals surface area contributed by atoms with Gasteiger partial charge in [-0.15, -0.1) is 0 Å². The number of rotatable bonds is 9. The van der Waals surface area contributed by atoms with Crippen LogP contribution in [0.15, 0.2) is 4.52 Å². The second-order valence-electron chi connectivity index (χ2n) is 5.21. The number of aryl methyl sites for hydroxylation is 2. The van der Waals surface area contributed by atoms with Gasteiger partial charge in [-0.3, -0.25) is 0 Å². The molecule has 21 heavy (non-hydrogen) atoms. The number of nitrogens with one attached hydrogen (secondary N) is 1. The Hall–Kier alpha value is -1.56. The zero-order valence-corrected chi connectivity index (χ0v) is 13.6. The Labute approximate surface area is 126 Å². The molecular weight excluding hydrogens is 270 g/mol. The summed E-state index contributed by atoms with van der Waals surface area (Å²) in [4.78, 5) is 13.6. The molecule has 0 radical (unpaired) electrons. The highest BCUT2D eigenvalue weighted by Gasteiger charge is 2.14. The minimum absolute atomic E-state index is 0.0939. The van der Waals surface area contributed by atoms with E-state index >= 15 is 0 Å². The molecule has 6 heteroatoms. The Morgan fingerprint density at radius 3 is 2.67 bits per heavy atom. The Morgan fingerprint density at radius 1 is 1.33 bits per heavy atom. The van der Waals surface area contributed by atoms with Gasteiger partial charge >= 0.3 is 6.03 Å². The summed E-state index contributed by atoms with van der Waals surface area (Å²) in [6, 6.07) is -0.0939. The number of amides is 2. The van der Waals surface area contributed by atoms with Gasteiger partial charge in [-0.25, -0.2) is 4.79 Å². The molecule has 1 aromatic heterocycles. The topological polar surface area (TPSA) is 67.6 Å². The van der Waals surface area contributed by atoms with Crippen LogP contribution in [0.5, 0.6) is 0 Å². The van der Waals surface area contributed by atoms with Crippen molar-refractivity contribution in [2.24, 2.45) is 0 Å². The van der Waals surface area contributed by atoms with E-state index in [0.29, 0.717) is 19.7 Å². The third-order valence-corrected chi connectivity index (χ3v) is 3.31. The summed E-state index contributed by atoms with van der Waals surface area (Å²) in [7, 11) is 1.76. The highest BCUT2D eigenvalue weighted by molar-refractivity contribution is 5.73. The molecule has 0 spiro atoms. The lowest BCUT2D eigenvalue weighted by molar-refractivity contribution is 0.128. The van der Waals surface area contributed by atoms with E-state index in [4.69, 9.17) is 9.26 Å². The van der Waals surface area contributed by atoms with Crippen LogP contribution in [0.4, 0.5) is 4.79 Å². The number of urea groups is 1. The second kappa shape index (κ2) is 9.39. The van der Waals surface area contributed by atoms with Crippen LogP contribution in [0.1, 0.15) is 43.2 Å². The molecule has 0 atom stereocenters. The van der Waals surface area contributed by atoms with Gasteiger partial charge in [-0.2, -0.15) is 0 Å². The van der Waals surface area contributed by atoms with Crippen molar-refractivity contribution >= 4 is 6.03 Å². The predicted molar refractivity (Wildman–Crippen MR) is 81.2 cm³/mol. The molecule has 1 aromatic rings. The summed E-state index contributed by atoms with van der Waals surface area (Å²) in [6.07, 6.45) is 3.06. The summed E-state index contributed by atoms with van der Waals surface area (Å²) in [5.41, 5.74) is 1.80. The quantitative estimate of drug-likeness (QED) is 0.712. The zero-order chi connectivity index (χ0) is 15.7. The van der Waals surface area contributed by atoms with Crippen molar-refractivity contribution in [3.8, 4) is 0 Å². The zero-order valence-electron chi connectivity index (χ0n) is 13.6. The highest BCUT2D eigenvalue weighted by atomic mass is 16.5. The average molecular weight is 297 g/mol. The molecule has 0 aliphatic carbocycles. The van der Waals surface area contributed by atoms with Gasteiger partial charge < -0.3 is 19.5 Å². The summed E-state index contributed by atoms with van der Waals surface area (Å²) in [5, 5.41) is 6.77. The maximum Gasteiger partial charge on any atom is 0.317 e. The largest absolute Gasteiger partial charge is 0.381 e. The molecule has 2 amide bonds. The standard InChI is InChI=1S/C15H27N3O3/c1-5-6-9-20-10-7-8-16-15(19)18(4)11-14-12(2)17-21-13(14)3/h5-11H2,1-4H3,(H,16,19). The SMILES string of the molecule is CCCCOCCCNC(=O)N(C)Cc1c(C)noc1C. The maximum absolute atomic E-state index is 12.0. The first-order chi connectivity index (χ1) is 10.1. The average Bonchev–Trinajstić information content (AvgIpc) is 2.77. The molecule has 0 aliphatic rings. The van der Waals surface area contributed by atoms with Crippen molar-refractivity contribution in [1.29, 1.82) is 0 Å². The van der Waals surface area contributed by atoms with Crippen molar-refractivity contribution in [2.45, 2.75) is 46.6 Å². The molecule has 0 bridgehead atoms.